The maximum atomic E-state index is 11.9. The van der Waals surface area contributed by atoms with E-state index in [2.05, 4.69) is 26.0 Å². The molecular weight excluding hydrogens is 325 g/mol. The average Bonchev–Trinajstić information content (AvgIpc) is 2.37. The molecule has 98 valence electrons. The number of halogens is 2. The summed E-state index contributed by atoms with van der Waals surface area (Å²) >= 11 is 9.08. The largest absolute Gasteiger partial charge is 0.467 e. The Morgan fingerprint density at radius 3 is 2.78 bits per heavy atom. The number of esters is 1. The molecule has 2 N–H and O–H groups in total. The third-order valence-corrected chi connectivity index (χ3v) is 2.97. The standard InChI is InChI=1S/C11H11BrClNO4/c1-18-11(17)9(5-15)14-10(16)7-4-6(12)2-3-8(7)13/h2-4,9,15H,5H2,1H3,(H,14,16). The lowest BCUT2D eigenvalue weighted by molar-refractivity contribution is -0.143. The number of carbonyl (C=O) groups is 2. The van der Waals surface area contributed by atoms with E-state index in [4.69, 9.17) is 16.7 Å². The Bertz CT molecular complexity index is 466. The fourth-order valence-electron chi connectivity index (χ4n) is 1.23. The Balaban J connectivity index is 2.87. The van der Waals surface area contributed by atoms with Crippen molar-refractivity contribution in [1.82, 2.24) is 5.32 Å². The minimum atomic E-state index is -1.11. The van der Waals surface area contributed by atoms with E-state index in [1.807, 2.05) is 0 Å². The second-order valence-corrected chi connectivity index (χ2v) is 4.68. The van der Waals surface area contributed by atoms with Crippen molar-refractivity contribution in [2.45, 2.75) is 6.04 Å². The zero-order chi connectivity index (χ0) is 13.7. The Hall–Kier alpha value is -1.11. The minimum absolute atomic E-state index is 0.202. The van der Waals surface area contributed by atoms with Gasteiger partial charge in [0.05, 0.1) is 24.3 Å². The maximum absolute atomic E-state index is 11.9. The van der Waals surface area contributed by atoms with Gasteiger partial charge in [0.15, 0.2) is 6.04 Å². The molecule has 0 aromatic heterocycles. The first-order valence-corrected chi connectivity index (χ1v) is 6.11. The van der Waals surface area contributed by atoms with Crippen molar-refractivity contribution in [3.8, 4) is 0 Å². The molecule has 5 nitrogen and oxygen atoms in total. The molecule has 18 heavy (non-hydrogen) atoms. The molecule has 0 aliphatic heterocycles. The number of hydrogen-bond donors (Lipinski definition) is 2. The lowest BCUT2D eigenvalue weighted by atomic mass is 10.2. The van der Waals surface area contributed by atoms with Crippen LogP contribution in [0.25, 0.3) is 0 Å². The predicted octanol–water partition coefficient (Wildman–Crippen LogP) is 1.37. The number of carbonyl (C=O) groups excluding carboxylic acids is 2. The number of nitrogens with one attached hydrogen (secondary N) is 1. The van der Waals surface area contributed by atoms with Gasteiger partial charge in [-0.05, 0) is 18.2 Å². The number of methoxy groups -OCH3 is 1. The summed E-state index contributed by atoms with van der Waals surface area (Å²) in [5.74, 6) is -1.29. The first kappa shape index (κ1) is 14.9. The Labute approximate surface area is 117 Å². The van der Waals surface area contributed by atoms with Crippen molar-refractivity contribution >= 4 is 39.4 Å². The van der Waals surface area contributed by atoms with Gasteiger partial charge in [-0.2, -0.15) is 0 Å². The molecule has 1 unspecified atom stereocenters. The summed E-state index contributed by atoms with van der Waals surface area (Å²) in [6.45, 7) is -0.552. The topological polar surface area (TPSA) is 75.6 Å². The van der Waals surface area contributed by atoms with E-state index in [0.717, 1.165) is 0 Å². The van der Waals surface area contributed by atoms with E-state index < -0.39 is 24.5 Å². The van der Waals surface area contributed by atoms with Crippen molar-refractivity contribution in [1.29, 1.82) is 0 Å². The van der Waals surface area contributed by atoms with Crippen molar-refractivity contribution in [2.24, 2.45) is 0 Å². The molecule has 0 aliphatic carbocycles. The van der Waals surface area contributed by atoms with Crippen LogP contribution in [-0.4, -0.2) is 36.7 Å². The lowest BCUT2D eigenvalue weighted by Gasteiger charge is -2.14. The highest BCUT2D eigenvalue weighted by molar-refractivity contribution is 9.10. The van der Waals surface area contributed by atoms with E-state index in [1.165, 1.54) is 13.2 Å². The van der Waals surface area contributed by atoms with Crippen LogP contribution in [0, 0.1) is 0 Å². The molecule has 0 fully saturated rings. The second kappa shape index (κ2) is 6.72. The highest BCUT2D eigenvalue weighted by Crippen LogP contribution is 2.20. The van der Waals surface area contributed by atoms with Gasteiger partial charge >= 0.3 is 5.97 Å². The van der Waals surface area contributed by atoms with Crippen molar-refractivity contribution < 1.29 is 19.4 Å². The van der Waals surface area contributed by atoms with E-state index in [-0.39, 0.29) is 10.6 Å². The second-order valence-electron chi connectivity index (χ2n) is 3.36. The zero-order valence-corrected chi connectivity index (χ0v) is 11.8. The van der Waals surface area contributed by atoms with Crippen LogP contribution in [0.2, 0.25) is 5.02 Å². The molecular formula is C11H11BrClNO4. The van der Waals surface area contributed by atoms with Gasteiger partial charge in [0.25, 0.3) is 5.91 Å². The third kappa shape index (κ3) is 3.69. The van der Waals surface area contributed by atoms with Gasteiger partial charge < -0.3 is 15.2 Å². The van der Waals surface area contributed by atoms with Crippen LogP contribution in [0.3, 0.4) is 0 Å². The van der Waals surface area contributed by atoms with Gasteiger partial charge in [-0.25, -0.2) is 4.79 Å². The SMILES string of the molecule is COC(=O)C(CO)NC(=O)c1cc(Br)ccc1Cl. The number of aliphatic hydroxyl groups excluding tert-OH is 1. The van der Waals surface area contributed by atoms with Crippen LogP contribution in [0.4, 0.5) is 0 Å². The van der Waals surface area contributed by atoms with Crippen LogP contribution in [0.15, 0.2) is 22.7 Å². The van der Waals surface area contributed by atoms with Gasteiger partial charge in [-0.3, -0.25) is 4.79 Å². The lowest BCUT2D eigenvalue weighted by Crippen LogP contribution is -2.44. The maximum Gasteiger partial charge on any atom is 0.330 e. The number of ether oxygens (including phenoxy) is 1. The van der Waals surface area contributed by atoms with Crippen molar-refractivity contribution in [3.63, 3.8) is 0 Å². The molecule has 0 aliphatic rings. The number of aliphatic hydroxyl groups is 1. The Kier molecular flexibility index (Phi) is 5.58. The van der Waals surface area contributed by atoms with E-state index in [1.54, 1.807) is 12.1 Å². The van der Waals surface area contributed by atoms with Crippen LogP contribution < -0.4 is 5.32 Å². The highest BCUT2D eigenvalue weighted by atomic mass is 79.9. The fourth-order valence-corrected chi connectivity index (χ4v) is 1.79. The molecule has 1 amide bonds. The fraction of sp³-hybridized carbons (Fsp3) is 0.273. The number of hydrogen-bond acceptors (Lipinski definition) is 4. The number of rotatable bonds is 4. The van der Waals surface area contributed by atoms with Crippen LogP contribution >= 0.6 is 27.5 Å². The molecule has 0 radical (unpaired) electrons. The summed E-state index contributed by atoms with van der Waals surface area (Å²) in [5.41, 5.74) is 0.202. The van der Waals surface area contributed by atoms with E-state index >= 15 is 0 Å². The van der Waals surface area contributed by atoms with Crippen LogP contribution in [0.1, 0.15) is 10.4 Å². The minimum Gasteiger partial charge on any atom is -0.467 e. The average molecular weight is 337 g/mol. The highest BCUT2D eigenvalue weighted by Gasteiger charge is 2.22. The number of amides is 1. The molecule has 0 saturated heterocycles. The van der Waals surface area contributed by atoms with Crippen molar-refractivity contribution in [2.75, 3.05) is 13.7 Å². The molecule has 1 aromatic carbocycles. The van der Waals surface area contributed by atoms with Gasteiger partial charge in [-0.1, -0.05) is 27.5 Å². The first-order valence-electron chi connectivity index (χ1n) is 4.94. The molecule has 1 rings (SSSR count). The molecule has 1 aromatic rings. The van der Waals surface area contributed by atoms with Crippen LogP contribution in [0.5, 0.6) is 0 Å². The van der Waals surface area contributed by atoms with Crippen LogP contribution in [-0.2, 0) is 9.53 Å². The summed E-state index contributed by atoms with van der Waals surface area (Å²) in [7, 11) is 1.17. The van der Waals surface area contributed by atoms with Gasteiger partial charge in [0.2, 0.25) is 0 Å². The van der Waals surface area contributed by atoms with Crippen molar-refractivity contribution in [3.05, 3.63) is 33.3 Å². The molecule has 0 spiro atoms. The zero-order valence-electron chi connectivity index (χ0n) is 9.44. The van der Waals surface area contributed by atoms with Gasteiger partial charge in [0.1, 0.15) is 0 Å². The molecule has 7 heteroatoms. The summed E-state index contributed by atoms with van der Waals surface area (Å²) < 4.78 is 5.11. The smallest absolute Gasteiger partial charge is 0.330 e. The first-order chi connectivity index (χ1) is 8.49. The van der Waals surface area contributed by atoms with Gasteiger partial charge in [-0.15, -0.1) is 0 Å². The monoisotopic (exact) mass is 335 g/mol. The summed E-state index contributed by atoms with van der Waals surface area (Å²) in [5, 5.41) is 11.6. The normalized spacial score (nSPS) is 11.8. The molecule has 0 heterocycles. The third-order valence-electron chi connectivity index (χ3n) is 2.15. The molecule has 0 bridgehead atoms. The summed E-state index contributed by atoms with van der Waals surface area (Å²) in [6, 6.07) is 3.64. The predicted molar refractivity (Wildman–Crippen MR) is 69.5 cm³/mol. The molecule has 0 saturated carbocycles. The quantitative estimate of drug-likeness (QED) is 0.814. The van der Waals surface area contributed by atoms with E-state index in [0.29, 0.717) is 4.47 Å². The summed E-state index contributed by atoms with van der Waals surface area (Å²) in [6.07, 6.45) is 0. The van der Waals surface area contributed by atoms with E-state index in [9.17, 15) is 9.59 Å². The Morgan fingerprint density at radius 1 is 1.56 bits per heavy atom. The number of benzene rings is 1. The van der Waals surface area contributed by atoms with Gasteiger partial charge in [0, 0.05) is 4.47 Å². The molecule has 1 atom stereocenters. The summed E-state index contributed by atoms with van der Waals surface area (Å²) in [4.78, 5) is 23.1. The Morgan fingerprint density at radius 2 is 2.22 bits per heavy atom.